The number of carbonyl (C=O) groups excluding carboxylic acids is 1. The molecule has 2 aromatic heterocycles. The monoisotopic (exact) mass is 353 g/mol. The first-order chi connectivity index (χ1) is 12.7. The fraction of sp³-hybridized carbons (Fsp3) is 0.450. The van der Waals surface area contributed by atoms with E-state index in [4.69, 9.17) is 8.94 Å². The van der Waals surface area contributed by atoms with Crippen LogP contribution in [0.5, 0.6) is 0 Å². The number of fused-ring (bicyclic) bond motifs is 1. The number of likely N-dealkylation sites (tertiary alicyclic amines) is 1. The van der Waals surface area contributed by atoms with Crippen molar-refractivity contribution >= 4 is 16.9 Å². The van der Waals surface area contributed by atoms with Crippen LogP contribution >= 0.6 is 0 Å². The van der Waals surface area contributed by atoms with Gasteiger partial charge in [0, 0.05) is 18.4 Å². The molecule has 136 valence electrons. The van der Waals surface area contributed by atoms with Gasteiger partial charge in [-0.15, -0.1) is 0 Å². The highest BCUT2D eigenvalue weighted by Crippen LogP contribution is 2.33. The predicted molar refractivity (Wildman–Crippen MR) is 96.9 cm³/mol. The Morgan fingerprint density at radius 2 is 2.15 bits per heavy atom. The van der Waals surface area contributed by atoms with Crippen molar-refractivity contribution in [2.75, 3.05) is 6.54 Å². The van der Waals surface area contributed by atoms with Gasteiger partial charge in [-0.3, -0.25) is 4.79 Å². The van der Waals surface area contributed by atoms with Crippen molar-refractivity contribution in [2.24, 2.45) is 0 Å². The van der Waals surface area contributed by atoms with E-state index in [0.717, 1.165) is 36.7 Å². The molecule has 0 spiro atoms. The lowest BCUT2D eigenvalue weighted by atomic mass is 9.99. The van der Waals surface area contributed by atoms with E-state index in [-0.39, 0.29) is 11.9 Å². The summed E-state index contributed by atoms with van der Waals surface area (Å²) < 4.78 is 10.9. The summed E-state index contributed by atoms with van der Waals surface area (Å²) in [6.07, 6.45) is 6.08. The number of benzene rings is 1. The summed E-state index contributed by atoms with van der Waals surface area (Å²) in [5, 5.41) is 4.99. The van der Waals surface area contributed by atoms with Gasteiger partial charge in [-0.25, -0.2) is 0 Å². The number of rotatable bonds is 4. The number of amides is 1. The van der Waals surface area contributed by atoms with Gasteiger partial charge >= 0.3 is 0 Å². The van der Waals surface area contributed by atoms with Crippen LogP contribution in [0.2, 0.25) is 0 Å². The molecule has 1 aliphatic heterocycles. The van der Waals surface area contributed by atoms with Crippen molar-refractivity contribution in [2.45, 2.75) is 52.0 Å². The highest BCUT2D eigenvalue weighted by atomic mass is 16.5. The van der Waals surface area contributed by atoms with Crippen LogP contribution in [0.1, 0.15) is 66.8 Å². The topological polar surface area (TPSA) is 72.4 Å². The summed E-state index contributed by atoms with van der Waals surface area (Å²) >= 11 is 0. The fourth-order valence-corrected chi connectivity index (χ4v) is 3.61. The average molecular weight is 353 g/mol. The van der Waals surface area contributed by atoms with Crippen LogP contribution < -0.4 is 0 Å². The molecule has 0 aliphatic carbocycles. The Kier molecular flexibility index (Phi) is 4.49. The SMILES string of the molecule is CCc1ccc2occ(C(=O)N3CCCCC3c3noc(CC)n3)c2c1. The zero-order valence-electron chi connectivity index (χ0n) is 15.2. The van der Waals surface area contributed by atoms with E-state index in [0.29, 0.717) is 30.2 Å². The third-order valence-corrected chi connectivity index (χ3v) is 5.12. The lowest BCUT2D eigenvalue weighted by Gasteiger charge is -2.33. The highest BCUT2D eigenvalue weighted by molar-refractivity contribution is 6.06. The van der Waals surface area contributed by atoms with Crippen molar-refractivity contribution < 1.29 is 13.7 Å². The van der Waals surface area contributed by atoms with Crippen molar-refractivity contribution in [1.82, 2.24) is 15.0 Å². The number of carbonyl (C=O) groups is 1. The maximum absolute atomic E-state index is 13.3. The third-order valence-electron chi connectivity index (χ3n) is 5.12. The lowest BCUT2D eigenvalue weighted by Crippen LogP contribution is -2.39. The maximum atomic E-state index is 13.3. The number of furan rings is 1. The van der Waals surface area contributed by atoms with Crippen LogP contribution in [-0.4, -0.2) is 27.5 Å². The van der Waals surface area contributed by atoms with Gasteiger partial charge in [0.2, 0.25) is 5.89 Å². The van der Waals surface area contributed by atoms with E-state index in [1.165, 1.54) is 5.56 Å². The van der Waals surface area contributed by atoms with Crippen molar-refractivity contribution in [3.63, 3.8) is 0 Å². The molecule has 0 saturated carbocycles. The second-order valence-corrected chi connectivity index (χ2v) is 6.74. The number of piperidine rings is 1. The van der Waals surface area contributed by atoms with Crippen LogP contribution in [-0.2, 0) is 12.8 Å². The van der Waals surface area contributed by atoms with E-state index in [1.807, 2.05) is 24.0 Å². The van der Waals surface area contributed by atoms with E-state index in [2.05, 4.69) is 23.1 Å². The summed E-state index contributed by atoms with van der Waals surface area (Å²) in [6, 6.07) is 5.88. The molecule has 1 saturated heterocycles. The van der Waals surface area contributed by atoms with Crippen LogP contribution in [0.3, 0.4) is 0 Å². The van der Waals surface area contributed by atoms with E-state index in [9.17, 15) is 4.79 Å². The van der Waals surface area contributed by atoms with Gasteiger partial charge in [-0.05, 0) is 43.4 Å². The van der Waals surface area contributed by atoms with Crippen molar-refractivity contribution in [3.05, 3.63) is 47.3 Å². The van der Waals surface area contributed by atoms with Crippen LogP contribution in [0.4, 0.5) is 0 Å². The highest BCUT2D eigenvalue weighted by Gasteiger charge is 2.33. The normalized spacial score (nSPS) is 17.8. The summed E-state index contributed by atoms with van der Waals surface area (Å²) in [4.78, 5) is 19.6. The van der Waals surface area contributed by atoms with E-state index >= 15 is 0 Å². The molecule has 6 nitrogen and oxygen atoms in total. The van der Waals surface area contributed by atoms with Crippen molar-refractivity contribution in [3.8, 4) is 0 Å². The quantitative estimate of drug-likeness (QED) is 0.699. The summed E-state index contributed by atoms with van der Waals surface area (Å²) in [5.41, 5.74) is 2.54. The molecule has 3 aromatic rings. The minimum atomic E-state index is -0.139. The molecule has 0 radical (unpaired) electrons. The van der Waals surface area contributed by atoms with Gasteiger partial charge in [-0.1, -0.05) is 25.1 Å². The summed E-state index contributed by atoms with van der Waals surface area (Å²) in [7, 11) is 0. The minimum Gasteiger partial charge on any atom is -0.463 e. The number of aromatic nitrogens is 2. The summed E-state index contributed by atoms with van der Waals surface area (Å²) in [5.74, 6) is 1.20. The Morgan fingerprint density at radius 3 is 2.92 bits per heavy atom. The number of hydrogen-bond donors (Lipinski definition) is 0. The Bertz CT molecular complexity index is 927. The molecule has 1 aromatic carbocycles. The van der Waals surface area contributed by atoms with Gasteiger partial charge in [-0.2, -0.15) is 4.98 Å². The lowest BCUT2D eigenvalue weighted by molar-refractivity contribution is 0.0598. The first-order valence-electron chi connectivity index (χ1n) is 9.34. The van der Waals surface area contributed by atoms with Gasteiger partial charge in [0.15, 0.2) is 5.82 Å². The molecule has 1 amide bonds. The third kappa shape index (κ3) is 2.89. The number of hydrogen-bond acceptors (Lipinski definition) is 5. The molecule has 1 unspecified atom stereocenters. The first kappa shape index (κ1) is 16.8. The summed E-state index contributed by atoms with van der Waals surface area (Å²) in [6.45, 7) is 4.77. The van der Waals surface area contributed by atoms with Crippen LogP contribution in [0, 0.1) is 0 Å². The Morgan fingerprint density at radius 1 is 1.27 bits per heavy atom. The average Bonchev–Trinajstić information content (AvgIpc) is 3.33. The van der Waals surface area contributed by atoms with Crippen LogP contribution in [0.25, 0.3) is 11.0 Å². The number of nitrogens with zero attached hydrogens (tertiary/aromatic N) is 3. The molecule has 26 heavy (non-hydrogen) atoms. The Balaban J connectivity index is 1.69. The molecular formula is C20H23N3O3. The second kappa shape index (κ2) is 6.94. The van der Waals surface area contributed by atoms with Crippen molar-refractivity contribution in [1.29, 1.82) is 0 Å². The van der Waals surface area contributed by atoms with E-state index < -0.39 is 0 Å². The zero-order valence-corrected chi connectivity index (χ0v) is 15.2. The standard InChI is InChI=1S/C20H23N3O3/c1-3-13-8-9-17-14(11-13)15(12-25-17)20(24)23-10-6-5-7-16(23)19-21-18(4-2)26-22-19/h8-9,11-12,16H,3-7,10H2,1-2H3. The smallest absolute Gasteiger partial charge is 0.258 e. The predicted octanol–water partition coefficient (Wildman–Crippen LogP) is 4.31. The van der Waals surface area contributed by atoms with Gasteiger partial charge < -0.3 is 13.8 Å². The molecule has 0 N–H and O–H groups in total. The maximum Gasteiger partial charge on any atom is 0.258 e. The minimum absolute atomic E-state index is 0.0236. The second-order valence-electron chi connectivity index (χ2n) is 6.74. The molecule has 1 aliphatic rings. The molecule has 0 bridgehead atoms. The molecule has 1 atom stereocenters. The molecule has 4 rings (SSSR count). The Labute approximate surface area is 152 Å². The largest absolute Gasteiger partial charge is 0.463 e. The first-order valence-corrected chi connectivity index (χ1v) is 9.34. The van der Waals surface area contributed by atoms with E-state index in [1.54, 1.807) is 6.26 Å². The zero-order chi connectivity index (χ0) is 18.1. The van der Waals surface area contributed by atoms with Gasteiger partial charge in [0.1, 0.15) is 11.8 Å². The molecule has 3 heterocycles. The fourth-order valence-electron chi connectivity index (χ4n) is 3.61. The van der Waals surface area contributed by atoms with Gasteiger partial charge in [0.05, 0.1) is 11.6 Å². The van der Waals surface area contributed by atoms with Gasteiger partial charge in [0.25, 0.3) is 5.91 Å². The number of aryl methyl sites for hydroxylation is 2. The molecule has 1 fully saturated rings. The molecule has 6 heteroatoms. The molecular weight excluding hydrogens is 330 g/mol. The Hall–Kier alpha value is -2.63. The van der Waals surface area contributed by atoms with Crippen LogP contribution in [0.15, 0.2) is 33.4 Å².